The molecule has 0 saturated heterocycles. The average Bonchev–Trinajstić information content (AvgIpc) is 2.52. The monoisotopic (exact) mass is 374 g/mol. The number of benzene rings is 2. The second kappa shape index (κ2) is 5.52. The van der Waals surface area contributed by atoms with Crippen LogP contribution < -0.4 is 0 Å². The normalized spacial score (nSPS) is 20.9. The Balaban J connectivity index is 2.19. The number of carbonyl (C=O) groups excluding carboxylic acids is 1. The van der Waals surface area contributed by atoms with E-state index in [0.29, 0.717) is 0 Å². The zero-order chi connectivity index (χ0) is 14.0. The van der Waals surface area contributed by atoms with E-state index in [1.54, 1.807) is 6.08 Å². The molecule has 1 atom stereocenters. The van der Waals surface area contributed by atoms with Crippen molar-refractivity contribution < 1.29 is 4.79 Å². The van der Waals surface area contributed by atoms with Crippen molar-refractivity contribution in [2.45, 2.75) is 15.8 Å². The third-order valence-corrected chi connectivity index (χ3v) is 4.97. The molecule has 0 bridgehead atoms. The van der Waals surface area contributed by atoms with Crippen LogP contribution in [0.25, 0.3) is 0 Å². The number of allylic oxidation sites excluding steroid dienone is 2. The molecule has 0 amide bonds. The third kappa shape index (κ3) is 2.33. The fourth-order valence-electron chi connectivity index (χ4n) is 2.85. The lowest BCUT2D eigenvalue weighted by molar-refractivity contribution is -0.114. The smallest absolute Gasteiger partial charge is 0.168 e. The van der Waals surface area contributed by atoms with Gasteiger partial charge in [-0.25, -0.2) is 0 Å². The van der Waals surface area contributed by atoms with Crippen LogP contribution in [0.1, 0.15) is 17.5 Å². The molecule has 0 aromatic heterocycles. The molecule has 0 heterocycles. The summed E-state index contributed by atoms with van der Waals surface area (Å²) in [7, 11) is 0. The van der Waals surface area contributed by atoms with Gasteiger partial charge in [-0.15, -0.1) is 0 Å². The molecule has 1 unspecified atom stereocenters. The number of hydrogen-bond donors (Lipinski definition) is 0. The van der Waals surface area contributed by atoms with Crippen molar-refractivity contribution in [3.8, 4) is 0 Å². The van der Waals surface area contributed by atoms with E-state index in [9.17, 15) is 4.79 Å². The Morgan fingerprint density at radius 3 is 1.85 bits per heavy atom. The van der Waals surface area contributed by atoms with Crippen LogP contribution >= 0.6 is 22.6 Å². The first kappa shape index (κ1) is 13.6. The molecular weight excluding hydrogens is 359 g/mol. The second-order valence-corrected chi connectivity index (χ2v) is 6.61. The molecule has 0 radical (unpaired) electrons. The van der Waals surface area contributed by atoms with E-state index in [-0.39, 0.29) is 15.1 Å². The van der Waals surface area contributed by atoms with Crippen LogP contribution in [0, 0.1) is 0 Å². The highest BCUT2D eigenvalue weighted by Crippen LogP contribution is 2.42. The Labute approximate surface area is 132 Å². The molecule has 1 aliphatic rings. The molecule has 0 N–H and O–H groups in total. The fraction of sp³-hybridized carbons (Fsp3) is 0.167. The van der Waals surface area contributed by atoms with Crippen LogP contribution in [0.2, 0.25) is 0 Å². The maximum absolute atomic E-state index is 11.9. The number of rotatable bonds is 2. The SMILES string of the molecule is O=C1C=CC(c2ccccc2)(c2ccccc2)CC1I. The van der Waals surface area contributed by atoms with Gasteiger partial charge >= 0.3 is 0 Å². The van der Waals surface area contributed by atoms with Crippen LogP contribution in [0.15, 0.2) is 72.8 Å². The topological polar surface area (TPSA) is 17.1 Å². The minimum Gasteiger partial charge on any atom is -0.294 e. The van der Waals surface area contributed by atoms with Gasteiger partial charge in [-0.1, -0.05) is 89.3 Å². The van der Waals surface area contributed by atoms with Crippen molar-refractivity contribution in [3.63, 3.8) is 0 Å². The Kier molecular flexibility index (Phi) is 3.74. The van der Waals surface area contributed by atoms with Gasteiger partial charge in [0.2, 0.25) is 0 Å². The van der Waals surface area contributed by atoms with Crippen molar-refractivity contribution in [1.82, 2.24) is 0 Å². The Morgan fingerprint density at radius 2 is 1.40 bits per heavy atom. The molecule has 0 spiro atoms. The predicted octanol–water partition coefficient (Wildman–Crippen LogP) is 4.31. The molecule has 0 fully saturated rings. The van der Waals surface area contributed by atoms with Crippen LogP contribution in [0.5, 0.6) is 0 Å². The zero-order valence-corrected chi connectivity index (χ0v) is 13.2. The second-order valence-electron chi connectivity index (χ2n) is 5.11. The van der Waals surface area contributed by atoms with Crippen LogP contribution in [0.3, 0.4) is 0 Å². The molecule has 100 valence electrons. The maximum Gasteiger partial charge on any atom is 0.168 e. The Morgan fingerprint density at radius 1 is 0.900 bits per heavy atom. The van der Waals surface area contributed by atoms with Crippen LogP contribution in [-0.4, -0.2) is 9.71 Å². The minimum atomic E-state index is -0.192. The fourth-order valence-corrected chi connectivity index (χ4v) is 3.75. The summed E-state index contributed by atoms with van der Waals surface area (Å²) in [6.07, 6.45) is 4.65. The van der Waals surface area contributed by atoms with E-state index in [1.165, 1.54) is 11.1 Å². The molecule has 2 aromatic rings. The quantitative estimate of drug-likeness (QED) is 0.566. The lowest BCUT2D eigenvalue weighted by Gasteiger charge is -2.36. The van der Waals surface area contributed by atoms with Gasteiger partial charge in [-0.05, 0) is 23.6 Å². The summed E-state index contributed by atoms with van der Waals surface area (Å²) in [5.74, 6) is 0.216. The van der Waals surface area contributed by atoms with E-state index in [0.717, 1.165) is 6.42 Å². The van der Waals surface area contributed by atoms with Crippen molar-refractivity contribution in [2.24, 2.45) is 0 Å². The highest BCUT2D eigenvalue weighted by atomic mass is 127. The summed E-state index contributed by atoms with van der Waals surface area (Å²) < 4.78 is 0.0259. The first-order chi connectivity index (χ1) is 9.72. The predicted molar refractivity (Wildman–Crippen MR) is 90.2 cm³/mol. The molecule has 0 saturated carbocycles. The highest BCUT2D eigenvalue weighted by Gasteiger charge is 2.38. The van der Waals surface area contributed by atoms with Gasteiger partial charge < -0.3 is 0 Å². The van der Waals surface area contributed by atoms with Gasteiger partial charge in [0.15, 0.2) is 5.78 Å². The molecule has 1 aliphatic carbocycles. The summed E-state index contributed by atoms with van der Waals surface area (Å²) in [5.41, 5.74) is 2.30. The molecule has 2 heteroatoms. The highest BCUT2D eigenvalue weighted by molar-refractivity contribution is 14.1. The van der Waals surface area contributed by atoms with Gasteiger partial charge in [0, 0.05) is 5.41 Å². The van der Waals surface area contributed by atoms with Gasteiger partial charge in [-0.3, -0.25) is 4.79 Å². The lowest BCUT2D eigenvalue weighted by atomic mass is 9.68. The minimum absolute atomic E-state index is 0.0259. The van der Waals surface area contributed by atoms with E-state index in [4.69, 9.17) is 0 Å². The van der Waals surface area contributed by atoms with Crippen molar-refractivity contribution in [3.05, 3.63) is 83.9 Å². The Hall–Kier alpha value is -1.42. The van der Waals surface area contributed by atoms with E-state index in [1.807, 2.05) is 12.1 Å². The number of alkyl halides is 1. The van der Waals surface area contributed by atoms with Gasteiger partial charge in [-0.2, -0.15) is 0 Å². The van der Waals surface area contributed by atoms with E-state index < -0.39 is 0 Å². The summed E-state index contributed by atoms with van der Waals surface area (Å²) in [6, 6.07) is 20.9. The maximum atomic E-state index is 11.9. The third-order valence-electron chi connectivity index (χ3n) is 3.92. The summed E-state index contributed by atoms with van der Waals surface area (Å²) in [5, 5.41) is 0. The standard InChI is InChI=1S/C18H15IO/c19-16-13-18(12-11-17(16)20,14-7-3-1-4-8-14)15-9-5-2-6-10-15/h1-12,16H,13H2. The van der Waals surface area contributed by atoms with Gasteiger partial charge in [0.25, 0.3) is 0 Å². The van der Waals surface area contributed by atoms with Crippen molar-refractivity contribution in [1.29, 1.82) is 0 Å². The summed E-state index contributed by atoms with van der Waals surface area (Å²) >= 11 is 2.26. The molecule has 0 aliphatic heterocycles. The number of carbonyl (C=O) groups is 1. The first-order valence-corrected chi connectivity index (χ1v) is 7.95. The number of hydrogen-bond acceptors (Lipinski definition) is 1. The lowest BCUT2D eigenvalue weighted by Crippen LogP contribution is -2.35. The van der Waals surface area contributed by atoms with Crippen molar-refractivity contribution in [2.75, 3.05) is 0 Å². The van der Waals surface area contributed by atoms with Gasteiger partial charge in [0.1, 0.15) is 0 Å². The van der Waals surface area contributed by atoms with Crippen molar-refractivity contribution >= 4 is 28.4 Å². The largest absolute Gasteiger partial charge is 0.294 e. The average molecular weight is 374 g/mol. The van der Waals surface area contributed by atoms with Gasteiger partial charge in [0.05, 0.1) is 3.92 Å². The number of ketones is 1. The molecule has 20 heavy (non-hydrogen) atoms. The molecule has 1 nitrogen and oxygen atoms in total. The molecular formula is C18H15IO. The Bertz CT molecular complexity index is 591. The number of halogens is 1. The summed E-state index contributed by atoms with van der Waals surface area (Å²) in [4.78, 5) is 11.9. The van der Waals surface area contributed by atoms with E-state index in [2.05, 4.69) is 77.2 Å². The zero-order valence-electron chi connectivity index (χ0n) is 11.0. The summed E-state index contributed by atoms with van der Waals surface area (Å²) in [6.45, 7) is 0. The van der Waals surface area contributed by atoms with Crippen LogP contribution in [0.4, 0.5) is 0 Å². The van der Waals surface area contributed by atoms with E-state index >= 15 is 0 Å². The first-order valence-electron chi connectivity index (χ1n) is 6.70. The molecule has 3 rings (SSSR count). The molecule has 2 aromatic carbocycles. The van der Waals surface area contributed by atoms with Crippen LogP contribution in [-0.2, 0) is 10.2 Å².